The Bertz CT molecular complexity index is 1220. The number of hydrogen-bond donors (Lipinski definition) is 2. The van der Waals surface area contributed by atoms with E-state index in [1.165, 1.54) is 22.8 Å². The maximum absolute atomic E-state index is 13.2. The first-order chi connectivity index (χ1) is 14.7. The quantitative estimate of drug-likeness (QED) is 0.632. The first kappa shape index (κ1) is 21.1. The Morgan fingerprint density at radius 1 is 1.03 bits per heavy atom. The highest BCUT2D eigenvalue weighted by Crippen LogP contribution is 2.32. The van der Waals surface area contributed by atoms with Gasteiger partial charge < -0.3 is 10.2 Å². The molecule has 1 aliphatic heterocycles. The van der Waals surface area contributed by atoms with Gasteiger partial charge in [0.15, 0.2) is 0 Å². The number of imidazole rings is 1. The third-order valence-corrected chi connectivity index (χ3v) is 5.93. The van der Waals surface area contributed by atoms with E-state index in [4.69, 9.17) is 0 Å². The van der Waals surface area contributed by atoms with Gasteiger partial charge in [0.05, 0.1) is 16.7 Å². The van der Waals surface area contributed by atoms with Crippen LogP contribution in [0.25, 0.3) is 16.7 Å². The normalized spacial score (nSPS) is 15.3. The summed E-state index contributed by atoms with van der Waals surface area (Å²) in [5.74, 6) is -0.409. The molecule has 3 aromatic rings. The molecular formula is C19H18F3N5O3S. The van der Waals surface area contributed by atoms with Gasteiger partial charge in [-0.1, -0.05) is 24.3 Å². The first-order valence-corrected chi connectivity index (χ1v) is 10.8. The van der Waals surface area contributed by atoms with Crippen molar-refractivity contribution in [2.45, 2.75) is 5.51 Å². The third kappa shape index (κ3) is 3.95. The number of anilines is 1. The maximum atomic E-state index is 13.2. The second kappa shape index (κ2) is 7.85. The van der Waals surface area contributed by atoms with Gasteiger partial charge in [0.2, 0.25) is 5.82 Å². The summed E-state index contributed by atoms with van der Waals surface area (Å²) in [5, 5.41) is 3.14. The second-order valence-corrected chi connectivity index (χ2v) is 8.55. The molecule has 12 heteroatoms. The number of amides is 1. The van der Waals surface area contributed by atoms with Crippen LogP contribution in [0.2, 0.25) is 0 Å². The zero-order valence-electron chi connectivity index (χ0n) is 16.1. The summed E-state index contributed by atoms with van der Waals surface area (Å²) in [7, 11) is -5.67. The van der Waals surface area contributed by atoms with Crippen molar-refractivity contribution in [2.24, 2.45) is 0 Å². The molecule has 2 heterocycles. The molecule has 8 nitrogen and oxygen atoms in total. The molecule has 0 radical (unpaired) electrons. The van der Waals surface area contributed by atoms with Crippen molar-refractivity contribution in [2.75, 3.05) is 30.9 Å². The molecule has 164 valence electrons. The highest BCUT2D eigenvalue weighted by atomic mass is 32.2. The Kier molecular flexibility index (Phi) is 5.35. The van der Waals surface area contributed by atoms with Crippen molar-refractivity contribution in [1.29, 1.82) is 0 Å². The molecule has 0 saturated carbocycles. The third-order valence-electron chi connectivity index (χ3n) is 4.84. The average molecular weight is 453 g/mol. The standard InChI is InChI=1S/C19H18F3N5O3S/c20-19(21,22)31(29,30)25-15-8-4-7-14-16(15)27(13-5-2-1-3-6-13)17(24-14)18(28)26-11-9-23-10-12-26/h1-8,23,25H,9-12H2. The molecule has 1 amide bonds. The van der Waals surface area contributed by atoms with E-state index in [1.54, 1.807) is 40.0 Å². The largest absolute Gasteiger partial charge is 0.516 e. The van der Waals surface area contributed by atoms with E-state index in [-0.39, 0.29) is 22.5 Å². The Morgan fingerprint density at radius 2 is 1.71 bits per heavy atom. The van der Waals surface area contributed by atoms with Crippen LogP contribution < -0.4 is 10.0 Å². The molecule has 0 spiro atoms. The van der Waals surface area contributed by atoms with Crippen molar-refractivity contribution in [1.82, 2.24) is 19.8 Å². The molecule has 1 aromatic heterocycles. The van der Waals surface area contributed by atoms with Gasteiger partial charge in [0.1, 0.15) is 0 Å². The number of hydrogen-bond acceptors (Lipinski definition) is 5. The van der Waals surface area contributed by atoms with E-state index >= 15 is 0 Å². The van der Waals surface area contributed by atoms with Crippen LogP contribution in [-0.4, -0.2) is 60.5 Å². The highest BCUT2D eigenvalue weighted by molar-refractivity contribution is 7.93. The number of piperazine rings is 1. The molecule has 2 aromatic carbocycles. The number of fused-ring (bicyclic) bond motifs is 1. The molecular weight excluding hydrogens is 435 g/mol. The van der Waals surface area contributed by atoms with Crippen LogP contribution in [0.4, 0.5) is 18.9 Å². The Labute approximate surface area is 175 Å². The molecule has 1 aliphatic rings. The first-order valence-electron chi connectivity index (χ1n) is 9.35. The maximum Gasteiger partial charge on any atom is 0.516 e. The fourth-order valence-corrected chi connectivity index (χ4v) is 3.96. The van der Waals surface area contributed by atoms with Crippen molar-refractivity contribution in [3.05, 3.63) is 54.4 Å². The summed E-state index contributed by atoms with van der Waals surface area (Å²) in [6, 6.07) is 12.5. The van der Waals surface area contributed by atoms with Gasteiger partial charge >= 0.3 is 15.5 Å². The number of halogens is 3. The summed E-state index contributed by atoms with van der Waals surface area (Å²) in [5.41, 5.74) is -5.12. The van der Waals surface area contributed by atoms with Crippen LogP contribution in [0, 0.1) is 0 Å². The molecule has 0 atom stereocenters. The van der Waals surface area contributed by atoms with Gasteiger partial charge in [-0.15, -0.1) is 0 Å². The van der Waals surface area contributed by atoms with E-state index in [9.17, 15) is 26.4 Å². The van der Waals surface area contributed by atoms with E-state index < -0.39 is 21.4 Å². The highest BCUT2D eigenvalue weighted by Gasteiger charge is 2.46. The molecule has 0 aliphatic carbocycles. The SMILES string of the molecule is O=C(c1nc2cccc(NS(=O)(=O)C(F)(F)F)c2n1-c1ccccc1)N1CCNCC1. The van der Waals surface area contributed by atoms with Crippen molar-refractivity contribution in [3.63, 3.8) is 0 Å². The van der Waals surface area contributed by atoms with Crippen LogP contribution in [0.5, 0.6) is 0 Å². The van der Waals surface area contributed by atoms with Gasteiger partial charge in [0, 0.05) is 31.9 Å². The Balaban J connectivity index is 1.92. The fraction of sp³-hybridized carbons (Fsp3) is 0.263. The minimum Gasteiger partial charge on any atom is -0.333 e. The summed E-state index contributed by atoms with van der Waals surface area (Å²) in [6.45, 7) is 2.11. The van der Waals surface area contributed by atoms with Crippen molar-refractivity contribution < 1.29 is 26.4 Å². The minimum atomic E-state index is -5.67. The van der Waals surface area contributed by atoms with E-state index in [0.717, 1.165) is 0 Å². The number of nitrogens with one attached hydrogen (secondary N) is 2. The van der Waals surface area contributed by atoms with Crippen LogP contribution in [0.3, 0.4) is 0 Å². The molecule has 0 bridgehead atoms. The second-order valence-electron chi connectivity index (χ2n) is 6.87. The van der Waals surface area contributed by atoms with Crippen molar-refractivity contribution in [3.8, 4) is 5.69 Å². The van der Waals surface area contributed by atoms with E-state index in [2.05, 4.69) is 10.3 Å². The zero-order chi connectivity index (χ0) is 22.2. The molecule has 1 saturated heterocycles. The Hall–Kier alpha value is -3.12. The van der Waals surface area contributed by atoms with Crippen LogP contribution >= 0.6 is 0 Å². The van der Waals surface area contributed by atoms with Gasteiger partial charge in [-0.3, -0.25) is 14.1 Å². The summed E-state index contributed by atoms with van der Waals surface area (Å²) < 4.78 is 65.4. The number of benzene rings is 2. The lowest BCUT2D eigenvalue weighted by molar-refractivity contribution is -0.0429. The van der Waals surface area contributed by atoms with Gasteiger partial charge in [-0.2, -0.15) is 21.6 Å². The van der Waals surface area contributed by atoms with E-state index in [0.29, 0.717) is 31.9 Å². The number of sulfonamides is 1. The predicted octanol–water partition coefficient (Wildman–Crippen LogP) is 2.33. The fourth-order valence-electron chi connectivity index (χ4n) is 3.39. The lowest BCUT2D eigenvalue weighted by Crippen LogP contribution is -2.47. The lowest BCUT2D eigenvalue weighted by Gasteiger charge is -2.27. The molecule has 31 heavy (non-hydrogen) atoms. The number of aromatic nitrogens is 2. The van der Waals surface area contributed by atoms with Crippen LogP contribution in [0.1, 0.15) is 10.6 Å². The van der Waals surface area contributed by atoms with Gasteiger partial charge in [-0.25, -0.2) is 4.98 Å². The number of carbonyl (C=O) groups excluding carboxylic acids is 1. The number of alkyl halides is 3. The zero-order valence-corrected chi connectivity index (χ0v) is 16.9. The number of carbonyl (C=O) groups is 1. The minimum absolute atomic E-state index is 0.0123. The van der Waals surface area contributed by atoms with Gasteiger partial charge in [0.25, 0.3) is 5.91 Å². The summed E-state index contributed by atoms with van der Waals surface area (Å²) >= 11 is 0. The molecule has 0 unspecified atom stereocenters. The summed E-state index contributed by atoms with van der Waals surface area (Å²) in [4.78, 5) is 19.2. The monoisotopic (exact) mass is 453 g/mol. The lowest BCUT2D eigenvalue weighted by atomic mass is 10.2. The number of rotatable bonds is 4. The van der Waals surface area contributed by atoms with E-state index in [1.807, 2.05) is 0 Å². The number of para-hydroxylation sites is 2. The molecule has 1 fully saturated rings. The topological polar surface area (TPSA) is 96.3 Å². The Morgan fingerprint density at radius 3 is 2.35 bits per heavy atom. The predicted molar refractivity (Wildman–Crippen MR) is 108 cm³/mol. The van der Waals surface area contributed by atoms with Gasteiger partial charge in [-0.05, 0) is 24.3 Å². The summed E-state index contributed by atoms with van der Waals surface area (Å²) in [6.07, 6.45) is 0. The molecule has 4 rings (SSSR count). The van der Waals surface area contributed by atoms with Crippen LogP contribution in [-0.2, 0) is 10.0 Å². The van der Waals surface area contributed by atoms with Crippen LogP contribution in [0.15, 0.2) is 48.5 Å². The molecule has 2 N–H and O–H groups in total. The average Bonchev–Trinajstić information content (AvgIpc) is 3.14. The smallest absolute Gasteiger partial charge is 0.333 e. The van der Waals surface area contributed by atoms with Crippen molar-refractivity contribution >= 4 is 32.7 Å². The number of nitrogens with zero attached hydrogens (tertiary/aromatic N) is 3.